The van der Waals surface area contributed by atoms with Gasteiger partial charge in [-0.05, 0) is 19.3 Å². The van der Waals surface area contributed by atoms with Crippen LogP contribution >= 0.6 is 0 Å². The van der Waals surface area contributed by atoms with Crippen molar-refractivity contribution in [1.82, 2.24) is 4.90 Å². The standard InChI is InChI=1S/C8H11N3O2/c9-6-8(11(12)13)7-10-4-2-1-3-5-10/h7H,1-5H2/b8-7+. The van der Waals surface area contributed by atoms with Gasteiger partial charge in [0, 0.05) is 13.1 Å². The van der Waals surface area contributed by atoms with Crippen LogP contribution in [0.1, 0.15) is 19.3 Å². The molecule has 0 aromatic rings. The number of likely N-dealkylation sites (tertiary alicyclic amines) is 1. The highest BCUT2D eigenvalue weighted by Crippen LogP contribution is 2.10. The van der Waals surface area contributed by atoms with Gasteiger partial charge < -0.3 is 4.90 Å². The topological polar surface area (TPSA) is 70.2 Å². The van der Waals surface area contributed by atoms with Crippen LogP contribution in [0.5, 0.6) is 0 Å². The number of allylic oxidation sites excluding steroid dienone is 1. The second-order valence-corrected chi connectivity index (χ2v) is 2.98. The Hall–Kier alpha value is -1.57. The minimum Gasteiger partial charge on any atom is -0.371 e. The van der Waals surface area contributed by atoms with E-state index >= 15 is 0 Å². The van der Waals surface area contributed by atoms with Crippen LogP contribution in [0.2, 0.25) is 0 Å². The number of nitriles is 1. The Labute approximate surface area is 76.4 Å². The van der Waals surface area contributed by atoms with Crippen LogP contribution in [0.3, 0.4) is 0 Å². The van der Waals surface area contributed by atoms with Crippen molar-refractivity contribution in [1.29, 1.82) is 5.26 Å². The fraction of sp³-hybridized carbons (Fsp3) is 0.625. The fourth-order valence-corrected chi connectivity index (χ4v) is 1.34. The van der Waals surface area contributed by atoms with E-state index in [0.717, 1.165) is 25.9 Å². The first-order chi connectivity index (χ1) is 6.24. The number of hydrogen-bond donors (Lipinski definition) is 0. The zero-order valence-corrected chi connectivity index (χ0v) is 7.27. The molecule has 0 aliphatic carbocycles. The molecule has 1 aliphatic heterocycles. The van der Waals surface area contributed by atoms with E-state index < -0.39 is 4.92 Å². The zero-order chi connectivity index (χ0) is 9.68. The van der Waals surface area contributed by atoms with Crippen LogP contribution in [-0.2, 0) is 0 Å². The van der Waals surface area contributed by atoms with E-state index in [1.807, 2.05) is 4.90 Å². The van der Waals surface area contributed by atoms with E-state index in [4.69, 9.17) is 5.26 Å². The number of piperidine rings is 1. The summed E-state index contributed by atoms with van der Waals surface area (Å²) in [4.78, 5) is 11.5. The van der Waals surface area contributed by atoms with E-state index in [1.54, 1.807) is 6.07 Å². The van der Waals surface area contributed by atoms with Gasteiger partial charge in [0.1, 0.15) is 0 Å². The van der Waals surface area contributed by atoms with Gasteiger partial charge >= 0.3 is 5.70 Å². The lowest BCUT2D eigenvalue weighted by atomic mass is 10.1. The van der Waals surface area contributed by atoms with Gasteiger partial charge in [0.15, 0.2) is 6.07 Å². The first-order valence-electron chi connectivity index (χ1n) is 4.24. The maximum absolute atomic E-state index is 10.3. The number of nitro groups is 1. The van der Waals surface area contributed by atoms with Gasteiger partial charge in [0.05, 0.1) is 11.1 Å². The monoisotopic (exact) mass is 181 g/mol. The van der Waals surface area contributed by atoms with Gasteiger partial charge in [-0.1, -0.05) is 0 Å². The van der Waals surface area contributed by atoms with Gasteiger partial charge in [-0.3, -0.25) is 10.1 Å². The molecule has 0 saturated carbocycles. The predicted octanol–water partition coefficient (Wildman–Crippen LogP) is 1.11. The summed E-state index contributed by atoms with van der Waals surface area (Å²) in [6.07, 6.45) is 4.61. The SMILES string of the molecule is N#C/C(=C\N1CCCCC1)[N+](=O)[O-]. The summed E-state index contributed by atoms with van der Waals surface area (Å²) in [6, 6.07) is 1.57. The molecule has 0 aromatic carbocycles. The molecule has 1 rings (SSSR count). The summed E-state index contributed by atoms with van der Waals surface area (Å²) >= 11 is 0. The lowest BCUT2D eigenvalue weighted by Gasteiger charge is -2.23. The second-order valence-electron chi connectivity index (χ2n) is 2.98. The molecule has 0 bridgehead atoms. The minimum atomic E-state index is -0.644. The lowest BCUT2D eigenvalue weighted by Crippen LogP contribution is -2.25. The molecular formula is C8H11N3O2. The van der Waals surface area contributed by atoms with Crippen LogP contribution < -0.4 is 0 Å². The normalized spacial score (nSPS) is 18.1. The third kappa shape index (κ3) is 2.75. The Bertz CT molecular complexity index is 261. The van der Waals surface area contributed by atoms with Crippen LogP contribution in [0.4, 0.5) is 0 Å². The van der Waals surface area contributed by atoms with Crippen molar-refractivity contribution in [2.24, 2.45) is 0 Å². The van der Waals surface area contributed by atoms with Crippen LogP contribution in [0, 0.1) is 21.4 Å². The molecular weight excluding hydrogens is 170 g/mol. The zero-order valence-electron chi connectivity index (χ0n) is 7.27. The van der Waals surface area contributed by atoms with E-state index in [9.17, 15) is 10.1 Å². The van der Waals surface area contributed by atoms with E-state index in [2.05, 4.69) is 0 Å². The summed E-state index contributed by atoms with van der Waals surface area (Å²) in [7, 11) is 0. The van der Waals surface area contributed by atoms with Gasteiger partial charge in [-0.25, -0.2) is 0 Å². The summed E-state index contributed by atoms with van der Waals surface area (Å²) in [5, 5.41) is 18.7. The number of hydrogen-bond acceptors (Lipinski definition) is 4. The van der Waals surface area contributed by atoms with Crippen molar-refractivity contribution in [2.75, 3.05) is 13.1 Å². The third-order valence-electron chi connectivity index (χ3n) is 2.01. The molecule has 0 amide bonds. The largest absolute Gasteiger partial charge is 0.371 e. The quantitative estimate of drug-likeness (QED) is 0.363. The molecule has 0 N–H and O–H groups in total. The molecule has 5 heteroatoms. The first kappa shape index (κ1) is 9.52. The predicted molar refractivity (Wildman–Crippen MR) is 46.1 cm³/mol. The second kappa shape index (κ2) is 4.45. The Morgan fingerprint density at radius 2 is 2.08 bits per heavy atom. The van der Waals surface area contributed by atoms with Gasteiger partial charge in [0.2, 0.25) is 0 Å². The molecule has 0 atom stereocenters. The van der Waals surface area contributed by atoms with Gasteiger partial charge in [-0.2, -0.15) is 5.26 Å². The van der Waals surface area contributed by atoms with Crippen molar-refractivity contribution in [3.63, 3.8) is 0 Å². The average Bonchev–Trinajstić information content (AvgIpc) is 2.15. The molecule has 70 valence electrons. The summed E-state index contributed by atoms with van der Waals surface area (Å²) < 4.78 is 0. The fourth-order valence-electron chi connectivity index (χ4n) is 1.34. The molecule has 1 fully saturated rings. The third-order valence-corrected chi connectivity index (χ3v) is 2.01. The molecule has 13 heavy (non-hydrogen) atoms. The lowest BCUT2D eigenvalue weighted by molar-refractivity contribution is -0.418. The first-order valence-corrected chi connectivity index (χ1v) is 4.24. The Balaban J connectivity index is 2.61. The molecule has 0 radical (unpaired) electrons. The highest BCUT2D eigenvalue weighted by atomic mass is 16.6. The number of nitrogens with zero attached hydrogens (tertiary/aromatic N) is 3. The van der Waals surface area contributed by atoms with E-state index in [1.165, 1.54) is 12.6 Å². The van der Waals surface area contributed by atoms with Crippen LogP contribution in [0.15, 0.2) is 11.9 Å². The Morgan fingerprint density at radius 1 is 1.46 bits per heavy atom. The van der Waals surface area contributed by atoms with Crippen molar-refractivity contribution in [3.05, 3.63) is 22.0 Å². The van der Waals surface area contributed by atoms with Crippen LogP contribution in [-0.4, -0.2) is 22.9 Å². The number of rotatable bonds is 2. The summed E-state index contributed by atoms with van der Waals surface area (Å²) in [5.74, 6) is 0. The smallest absolute Gasteiger partial charge is 0.361 e. The van der Waals surface area contributed by atoms with E-state index in [0.29, 0.717) is 0 Å². The summed E-state index contributed by atoms with van der Waals surface area (Å²) in [5.41, 5.74) is -0.373. The van der Waals surface area contributed by atoms with Crippen molar-refractivity contribution in [3.8, 4) is 6.07 Å². The van der Waals surface area contributed by atoms with Crippen molar-refractivity contribution >= 4 is 0 Å². The average molecular weight is 181 g/mol. The highest BCUT2D eigenvalue weighted by Gasteiger charge is 2.13. The van der Waals surface area contributed by atoms with Crippen LogP contribution in [0.25, 0.3) is 0 Å². The highest BCUT2D eigenvalue weighted by molar-refractivity contribution is 5.11. The molecule has 0 aromatic heterocycles. The molecule has 1 aliphatic rings. The summed E-state index contributed by atoms with van der Waals surface area (Å²) in [6.45, 7) is 1.64. The minimum absolute atomic E-state index is 0.373. The molecule has 0 spiro atoms. The molecule has 5 nitrogen and oxygen atoms in total. The molecule has 1 saturated heterocycles. The Morgan fingerprint density at radius 3 is 2.54 bits per heavy atom. The van der Waals surface area contributed by atoms with Crippen molar-refractivity contribution in [2.45, 2.75) is 19.3 Å². The molecule has 1 heterocycles. The van der Waals surface area contributed by atoms with E-state index in [-0.39, 0.29) is 5.70 Å². The van der Waals surface area contributed by atoms with Crippen molar-refractivity contribution < 1.29 is 4.92 Å². The Kier molecular flexibility index (Phi) is 3.26. The maximum Gasteiger partial charge on any atom is 0.361 e. The molecule has 0 unspecified atom stereocenters. The van der Waals surface area contributed by atoms with Gasteiger partial charge in [-0.15, -0.1) is 0 Å². The maximum atomic E-state index is 10.3. The van der Waals surface area contributed by atoms with Gasteiger partial charge in [0.25, 0.3) is 0 Å².